The number of aromatic nitrogens is 1. The maximum Gasteiger partial charge on any atom is 0.252 e. The Morgan fingerprint density at radius 1 is 1.09 bits per heavy atom. The highest BCUT2D eigenvalue weighted by Crippen LogP contribution is 2.27. The molecule has 0 bridgehead atoms. The molecule has 1 atom stereocenters. The zero-order valence-corrected chi connectivity index (χ0v) is 19.1. The average Bonchev–Trinajstić information content (AvgIpc) is 3.44. The zero-order valence-electron chi connectivity index (χ0n) is 19.1. The first-order valence-corrected chi connectivity index (χ1v) is 11.4. The highest BCUT2D eigenvalue weighted by molar-refractivity contribution is 6.07. The molecule has 2 aromatic carbocycles. The van der Waals surface area contributed by atoms with Crippen LogP contribution in [0.15, 0.2) is 77.4 Å². The van der Waals surface area contributed by atoms with Gasteiger partial charge in [-0.25, -0.2) is 4.98 Å². The van der Waals surface area contributed by atoms with Crippen LogP contribution in [0, 0.1) is 0 Å². The molecule has 174 valence electrons. The Kier molecular flexibility index (Phi) is 6.56. The molecule has 0 spiro atoms. The van der Waals surface area contributed by atoms with Gasteiger partial charge in [-0.05, 0) is 42.0 Å². The van der Waals surface area contributed by atoms with Crippen molar-refractivity contribution in [2.45, 2.75) is 6.04 Å². The molecule has 4 aromatic rings. The van der Waals surface area contributed by atoms with Crippen molar-refractivity contribution in [1.82, 2.24) is 15.2 Å². The molecule has 1 N–H and O–H groups in total. The van der Waals surface area contributed by atoms with Gasteiger partial charge in [-0.15, -0.1) is 0 Å². The summed E-state index contributed by atoms with van der Waals surface area (Å²) >= 11 is 0. The largest absolute Gasteiger partial charge is 0.497 e. The quantitative estimate of drug-likeness (QED) is 0.446. The van der Waals surface area contributed by atoms with Gasteiger partial charge >= 0.3 is 0 Å². The van der Waals surface area contributed by atoms with E-state index in [1.165, 1.54) is 0 Å². The Hall–Kier alpha value is -3.68. The predicted molar refractivity (Wildman–Crippen MR) is 130 cm³/mol. The second kappa shape index (κ2) is 10.1. The minimum atomic E-state index is -0.141. The molecule has 1 saturated heterocycles. The summed E-state index contributed by atoms with van der Waals surface area (Å²) in [5.74, 6) is 1.30. The van der Waals surface area contributed by atoms with Crippen molar-refractivity contribution in [3.8, 4) is 17.2 Å². The van der Waals surface area contributed by atoms with Crippen LogP contribution in [0.4, 0.5) is 0 Å². The number of amides is 1. The maximum absolute atomic E-state index is 13.5. The third-order valence-corrected chi connectivity index (χ3v) is 6.18. The lowest BCUT2D eigenvalue weighted by Crippen LogP contribution is -2.43. The summed E-state index contributed by atoms with van der Waals surface area (Å²) in [6, 6.07) is 21.2. The number of carbonyl (C=O) groups is 1. The number of ether oxygens (including phenoxy) is 2. The molecule has 1 aliphatic rings. The number of fused-ring (bicyclic) bond motifs is 1. The van der Waals surface area contributed by atoms with Crippen LogP contribution in [0.2, 0.25) is 0 Å². The van der Waals surface area contributed by atoms with Gasteiger partial charge in [0.15, 0.2) is 5.76 Å². The van der Waals surface area contributed by atoms with Gasteiger partial charge < -0.3 is 19.2 Å². The van der Waals surface area contributed by atoms with Crippen LogP contribution in [-0.4, -0.2) is 55.7 Å². The molecular weight excluding hydrogens is 430 g/mol. The lowest BCUT2D eigenvalue weighted by molar-refractivity contribution is 0.0162. The molecule has 1 aliphatic heterocycles. The molecular formula is C27H27N3O4. The number of hydrogen-bond donors (Lipinski definition) is 1. The molecule has 7 heteroatoms. The van der Waals surface area contributed by atoms with Crippen molar-refractivity contribution in [3.63, 3.8) is 0 Å². The van der Waals surface area contributed by atoms with Crippen LogP contribution in [-0.2, 0) is 4.74 Å². The summed E-state index contributed by atoms with van der Waals surface area (Å²) in [4.78, 5) is 20.5. The van der Waals surface area contributed by atoms with E-state index in [1.807, 2.05) is 48.5 Å². The Bertz CT molecular complexity index is 1250. The number of methoxy groups -OCH3 is 1. The number of pyridine rings is 1. The van der Waals surface area contributed by atoms with Gasteiger partial charge in [-0.1, -0.05) is 30.3 Å². The number of hydrogen-bond acceptors (Lipinski definition) is 6. The maximum atomic E-state index is 13.5. The summed E-state index contributed by atoms with van der Waals surface area (Å²) in [5, 5.41) is 3.99. The van der Waals surface area contributed by atoms with E-state index < -0.39 is 0 Å². The van der Waals surface area contributed by atoms with Crippen molar-refractivity contribution in [2.24, 2.45) is 0 Å². The molecule has 1 fully saturated rings. The lowest BCUT2D eigenvalue weighted by Gasteiger charge is -2.35. The number of nitrogens with zero attached hydrogens (tertiary/aromatic N) is 2. The van der Waals surface area contributed by atoms with Crippen molar-refractivity contribution >= 4 is 16.8 Å². The van der Waals surface area contributed by atoms with Crippen molar-refractivity contribution in [2.75, 3.05) is 40.0 Å². The van der Waals surface area contributed by atoms with Gasteiger partial charge in [-0.2, -0.15) is 0 Å². The number of rotatable bonds is 7. The van der Waals surface area contributed by atoms with Crippen molar-refractivity contribution < 1.29 is 18.7 Å². The van der Waals surface area contributed by atoms with Crippen LogP contribution in [0.5, 0.6) is 5.75 Å². The third kappa shape index (κ3) is 4.66. The molecule has 34 heavy (non-hydrogen) atoms. The minimum Gasteiger partial charge on any atom is -0.497 e. The monoisotopic (exact) mass is 457 g/mol. The first-order valence-electron chi connectivity index (χ1n) is 11.4. The molecule has 0 radical (unpaired) electrons. The zero-order chi connectivity index (χ0) is 23.3. The van der Waals surface area contributed by atoms with Gasteiger partial charge in [0, 0.05) is 25.0 Å². The molecule has 2 aromatic heterocycles. The van der Waals surface area contributed by atoms with Crippen LogP contribution in [0.25, 0.3) is 22.4 Å². The molecule has 1 amide bonds. The molecule has 5 rings (SSSR count). The van der Waals surface area contributed by atoms with Gasteiger partial charge in [-0.3, -0.25) is 9.69 Å². The van der Waals surface area contributed by atoms with Crippen LogP contribution < -0.4 is 10.1 Å². The van der Waals surface area contributed by atoms with Gasteiger partial charge in [0.25, 0.3) is 5.91 Å². The van der Waals surface area contributed by atoms with Crippen molar-refractivity contribution in [1.29, 1.82) is 0 Å². The molecule has 3 heterocycles. The SMILES string of the molecule is COc1ccc(C(CNC(=O)c2cc(-c3ccco3)nc3ccccc23)N2CCOCC2)cc1. The number of nitrogens with one attached hydrogen (secondary N) is 1. The summed E-state index contributed by atoms with van der Waals surface area (Å²) in [6.45, 7) is 3.46. The van der Waals surface area contributed by atoms with Gasteiger partial charge in [0.2, 0.25) is 0 Å². The smallest absolute Gasteiger partial charge is 0.252 e. The fourth-order valence-corrected chi connectivity index (χ4v) is 4.37. The number of carbonyl (C=O) groups excluding carboxylic acids is 1. The van der Waals surface area contributed by atoms with E-state index in [0.29, 0.717) is 36.8 Å². The normalized spacial score (nSPS) is 15.2. The fraction of sp³-hybridized carbons (Fsp3) is 0.259. The Morgan fingerprint density at radius 3 is 2.62 bits per heavy atom. The van der Waals surface area contributed by atoms with E-state index in [0.717, 1.165) is 35.3 Å². The Balaban J connectivity index is 1.43. The Labute approximate surface area is 198 Å². The van der Waals surface area contributed by atoms with Crippen LogP contribution in [0.1, 0.15) is 22.0 Å². The summed E-state index contributed by atoms with van der Waals surface area (Å²) in [7, 11) is 1.66. The average molecular weight is 458 g/mol. The standard InChI is InChI=1S/C27H27N3O4/c1-32-20-10-8-19(9-11-20)25(30-12-15-33-16-13-30)18-28-27(31)22-17-24(26-7-4-14-34-26)29-23-6-3-2-5-21(22)23/h2-11,14,17,25H,12-13,15-16,18H2,1H3,(H,28,31). The second-order valence-electron chi connectivity index (χ2n) is 8.20. The topological polar surface area (TPSA) is 76.8 Å². The second-order valence-corrected chi connectivity index (χ2v) is 8.20. The van der Waals surface area contributed by atoms with Crippen molar-refractivity contribution in [3.05, 3.63) is 84.1 Å². The highest BCUT2D eigenvalue weighted by Gasteiger charge is 2.24. The van der Waals surface area contributed by atoms with Gasteiger partial charge in [0.1, 0.15) is 11.4 Å². The Morgan fingerprint density at radius 2 is 1.88 bits per heavy atom. The molecule has 7 nitrogen and oxygen atoms in total. The van der Waals surface area contributed by atoms with E-state index in [4.69, 9.17) is 13.9 Å². The highest BCUT2D eigenvalue weighted by atomic mass is 16.5. The van der Waals surface area contributed by atoms with Crippen LogP contribution in [0.3, 0.4) is 0 Å². The van der Waals surface area contributed by atoms with E-state index in [1.54, 1.807) is 19.4 Å². The number of morpholine rings is 1. The molecule has 1 unspecified atom stereocenters. The summed E-state index contributed by atoms with van der Waals surface area (Å²) in [5.41, 5.74) is 3.08. The minimum absolute atomic E-state index is 0.0244. The molecule has 0 saturated carbocycles. The predicted octanol–water partition coefficient (Wildman–Crippen LogP) is 4.31. The number of benzene rings is 2. The lowest BCUT2D eigenvalue weighted by atomic mass is 10.0. The molecule has 0 aliphatic carbocycles. The first-order chi connectivity index (χ1) is 16.7. The fourth-order valence-electron chi connectivity index (χ4n) is 4.37. The van der Waals surface area contributed by atoms with E-state index >= 15 is 0 Å². The van der Waals surface area contributed by atoms with E-state index in [-0.39, 0.29) is 11.9 Å². The van der Waals surface area contributed by atoms with E-state index in [9.17, 15) is 4.79 Å². The summed E-state index contributed by atoms with van der Waals surface area (Å²) < 4.78 is 16.4. The number of furan rings is 1. The summed E-state index contributed by atoms with van der Waals surface area (Å²) in [6.07, 6.45) is 1.60. The first kappa shape index (κ1) is 22.1. The number of para-hydroxylation sites is 1. The third-order valence-electron chi connectivity index (χ3n) is 6.18. The van der Waals surface area contributed by atoms with Crippen LogP contribution >= 0.6 is 0 Å². The van der Waals surface area contributed by atoms with Gasteiger partial charge in [0.05, 0.1) is 43.7 Å². The van der Waals surface area contributed by atoms with E-state index in [2.05, 4.69) is 27.3 Å².